The fourth-order valence-electron chi connectivity index (χ4n) is 3.43. The summed E-state index contributed by atoms with van der Waals surface area (Å²) in [5.41, 5.74) is 4.61. The molecule has 0 aliphatic heterocycles. The largest absolute Gasteiger partial charge is 0.354 e. The molecular weight excluding hydrogens is 384 g/mol. The van der Waals surface area contributed by atoms with Crippen molar-refractivity contribution in [2.45, 2.75) is 45.1 Å². The fourth-order valence-corrected chi connectivity index (χ4v) is 3.43. The lowest BCUT2D eigenvalue weighted by atomic mass is 9.86. The number of amides is 1. The van der Waals surface area contributed by atoms with Crippen LogP contribution in [0, 0.1) is 0 Å². The summed E-state index contributed by atoms with van der Waals surface area (Å²) in [7, 11) is 0. The van der Waals surface area contributed by atoms with Crippen LogP contribution in [0.3, 0.4) is 0 Å². The van der Waals surface area contributed by atoms with Gasteiger partial charge in [0, 0.05) is 37.9 Å². The van der Waals surface area contributed by atoms with E-state index in [1.807, 2.05) is 24.4 Å². The third kappa shape index (κ3) is 7.00. The zero-order valence-corrected chi connectivity index (χ0v) is 18.6. The first kappa shape index (κ1) is 22.6. The Morgan fingerprint density at radius 3 is 2.23 bits per heavy atom. The van der Waals surface area contributed by atoms with Gasteiger partial charge in [0.1, 0.15) is 6.04 Å². The van der Waals surface area contributed by atoms with E-state index in [2.05, 4.69) is 71.7 Å². The monoisotopic (exact) mass is 416 g/mol. The number of nitrogens with zero attached hydrogens (tertiary/aromatic N) is 2. The Morgan fingerprint density at radius 1 is 0.871 bits per heavy atom. The first-order chi connectivity index (χ1) is 14.9. The molecular formula is C26H32N4O. The van der Waals surface area contributed by atoms with Gasteiger partial charge in [-0.25, -0.2) is 0 Å². The molecule has 162 valence electrons. The number of hydrogen-bond acceptors (Lipinski definition) is 4. The SMILES string of the molecule is CC(C)(C)c1ccc(C(NCCc2cccnc2)C(=O)NCCc2ccncc2)cc1. The number of benzene rings is 1. The molecule has 0 bridgehead atoms. The van der Waals surface area contributed by atoms with Crippen LogP contribution in [-0.2, 0) is 23.1 Å². The van der Waals surface area contributed by atoms with Crippen LogP contribution in [0.1, 0.15) is 49.1 Å². The normalized spacial score (nSPS) is 12.4. The van der Waals surface area contributed by atoms with Crippen molar-refractivity contribution in [1.82, 2.24) is 20.6 Å². The Labute approximate surface area is 185 Å². The van der Waals surface area contributed by atoms with E-state index in [9.17, 15) is 4.79 Å². The molecule has 5 heteroatoms. The zero-order valence-electron chi connectivity index (χ0n) is 18.6. The van der Waals surface area contributed by atoms with Crippen LogP contribution in [0.4, 0.5) is 0 Å². The van der Waals surface area contributed by atoms with E-state index in [1.54, 1.807) is 18.6 Å². The van der Waals surface area contributed by atoms with Crippen LogP contribution in [0.2, 0.25) is 0 Å². The quantitative estimate of drug-likeness (QED) is 0.553. The molecule has 0 aliphatic carbocycles. The standard InChI is InChI=1S/C26H32N4O/c1-26(2,3)23-8-6-22(7-9-23)24(29-17-13-21-5-4-14-28-19-21)25(31)30-18-12-20-10-15-27-16-11-20/h4-11,14-16,19,24,29H,12-13,17-18H2,1-3H3,(H,30,31). The maximum Gasteiger partial charge on any atom is 0.241 e. The van der Waals surface area contributed by atoms with Gasteiger partial charge in [0.2, 0.25) is 5.91 Å². The van der Waals surface area contributed by atoms with Gasteiger partial charge in [0.25, 0.3) is 0 Å². The van der Waals surface area contributed by atoms with Crippen LogP contribution >= 0.6 is 0 Å². The molecule has 5 nitrogen and oxygen atoms in total. The molecule has 2 heterocycles. The fraction of sp³-hybridized carbons (Fsp3) is 0.346. The number of hydrogen-bond donors (Lipinski definition) is 2. The molecule has 0 radical (unpaired) electrons. The van der Waals surface area contributed by atoms with Crippen LogP contribution < -0.4 is 10.6 Å². The molecule has 1 unspecified atom stereocenters. The minimum absolute atomic E-state index is 0.0104. The molecule has 2 aromatic heterocycles. The molecule has 0 saturated heterocycles. The van der Waals surface area contributed by atoms with Crippen LogP contribution in [-0.4, -0.2) is 29.0 Å². The highest BCUT2D eigenvalue weighted by Gasteiger charge is 2.21. The molecule has 0 spiro atoms. The second-order valence-corrected chi connectivity index (χ2v) is 8.77. The molecule has 3 rings (SSSR count). The van der Waals surface area contributed by atoms with Crippen molar-refractivity contribution in [3.8, 4) is 0 Å². The van der Waals surface area contributed by atoms with Gasteiger partial charge in [-0.15, -0.1) is 0 Å². The van der Waals surface area contributed by atoms with E-state index in [0.29, 0.717) is 13.1 Å². The predicted molar refractivity (Wildman–Crippen MR) is 125 cm³/mol. The number of rotatable bonds is 9. The van der Waals surface area contributed by atoms with Crippen molar-refractivity contribution in [2.24, 2.45) is 0 Å². The van der Waals surface area contributed by atoms with Crippen molar-refractivity contribution < 1.29 is 4.79 Å². The van der Waals surface area contributed by atoms with Gasteiger partial charge in [0.15, 0.2) is 0 Å². The molecule has 1 atom stereocenters. The first-order valence-corrected chi connectivity index (χ1v) is 10.8. The summed E-state index contributed by atoms with van der Waals surface area (Å²) in [5, 5.41) is 6.53. The summed E-state index contributed by atoms with van der Waals surface area (Å²) in [5.74, 6) is -0.0104. The van der Waals surface area contributed by atoms with Crippen LogP contribution in [0.25, 0.3) is 0 Å². The Bertz CT molecular complexity index is 935. The molecule has 31 heavy (non-hydrogen) atoms. The van der Waals surface area contributed by atoms with Gasteiger partial charge < -0.3 is 10.6 Å². The van der Waals surface area contributed by atoms with Crippen LogP contribution in [0.15, 0.2) is 73.3 Å². The summed E-state index contributed by atoms with van der Waals surface area (Å²) in [4.78, 5) is 21.3. The average Bonchev–Trinajstić information content (AvgIpc) is 2.77. The van der Waals surface area contributed by atoms with E-state index in [4.69, 9.17) is 0 Å². The summed E-state index contributed by atoms with van der Waals surface area (Å²) >= 11 is 0. The highest BCUT2D eigenvalue weighted by Crippen LogP contribution is 2.24. The number of carbonyl (C=O) groups is 1. The topological polar surface area (TPSA) is 66.9 Å². The third-order valence-electron chi connectivity index (χ3n) is 5.32. The number of pyridine rings is 2. The minimum atomic E-state index is -0.400. The second kappa shape index (κ2) is 10.8. The average molecular weight is 417 g/mol. The maximum absolute atomic E-state index is 13.1. The Morgan fingerprint density at radius 2 is 1.58 bits per heavy atom. The highest BCUT2D eigenvalue weighted by atomic mass is 16.2. The lowest BCUT2D eigenvalue weighted by Crippen LogP contribution is -2.39. The van der Waals surface area contributed by atoms with E-state index in [0.717, 1.165) is 29.5 Å². The van der Waals surface area contributed by atoms with Gasteiger partial charge in [0.05, 0.1) is 0 Å². The molecule has 2 N–H and O–H groups in total. The lowest BCUT2D eigenvalue weighted by molar-refractivity contribution is -0.123. The van der Waals surface area contributed by atoms with Gasteiger partial charge in [-0.3, -0.25) is 14.8 Å². The van der Waals surface area contributed by atoms with Gasteiger partial charge in [-0.2, -0.15) is 0 Å². The van der Waals surface area contributed by atoms with Crippen molar-refractivity contribution in [3.63, 3.8) is 0 Å². The van der Waals surface area contributed by atoms with Gasteiger partial charge in [-0.1, -0.05) is 51.1 Å². The predicted octanol–water partition coefficient (Wildman–Crippen LogP) is 4.01. The first-order valence-electron chi connectivity index (χ1n) is 10.8. The maximum atomic E-state index is 13.1. The summed E-state index contributed by atoms with van der Waals surface area (Å²) in [6.07, 6.45) is 8.78. The molecule has 0 saturated carbocycles. The Hall–Kier alpha value is -3.05. The summed E-state index contributed by atoms with van der Waals surface area (Å²) in [6, 6.07) is 15.9. The van der Waals surface area contributed by atoms with E-state index < -0.39 is 6.04 Å². The zero-order chi connectivity index (χ0) is 22.1. The Balaban J connectivity index is 1.66. The van der Waals surface area contributed by atoms with E-state index in [1.165, 1.54) is 5.56 Å². The second-order valence-electron chi connectivity index (χ2n) is 8.77. The summed E-state index contributed by atoms with van der Waals surface area (Å²) in [6.45, 7) is 7.85. The number of nitrogens with one attached hydrogen (secondary N) is 2. The molecule has 1 amide bonds. The van der Waals surface area contributed by atoms with Gasteiger partial charge in [-0.05, 0) is 58.7 Å². The molecule has 0 fully saturated rings. The molecule has 0 aliphatic rings. The summed E-state index contributed by atoms with van der Waals surface area (Å²) < 4.78 is 0. The number of aromatic nitrogens is 2. The Kier molecular flexibility index (Phi) is 7.90. The molecule has 3 aromatic rings. The van der Waals surface area contributed by atoms with E-state index >= 15 is 0 Å². The molecule has 1 aromatic carbocycles. The van der Waals surface area contributed by atoms with Crippen LogP contribution in [0.5, 0.6) is 0 Å². The minimum Gasteiger partial charge on any atom is -0.354 e. The van der Waals surface area contributed by atoms with Gasteiger partial charge >= 0.3 is 0 Å². The smallest absolute Gasteiger partial charge is 0.241 e. The van der Waals surface area contributed by atoms with Crippen molar-refractivity contribution in [2.75, 3.05) is 13.1 Å². The van der Waals surface area contributed by atoms with Crippen molar-refractivity contribution in [1.29, 1.82) is 0 Å². The number of carbonyl (C=O) groups excluding carboxylic acids is 1. The van der Waals surface area contributed by atoms with Crippen molar-refractivity contribution in [3.05, 3.63) is 95.6 Å². The highest BCUT2D eigenvalue weighted by molar-refractivity contribution is 5.83. The van der Waals surface area contributed by atoms with E-state index in [-0.39, 0.29) is 11.3 Å². The lowest BCUT2D eigenvalue weighted by Gasteiger charge is -2.22. The third-order valence-corrected chi connectivity index (χ3v) is 5.32. The van der Waals surface area contributed by atoms with Crippen molar-refractivity contribution >= 4 is 5.91 Å².